The Morgan fingerprint density at radius 2 is 1.31 bits per heavy atom. The zero-order valence-electron chi connectivity index (χ0n) is 8.64. The van der Waals surface area contributed by atoms with E-state index in [4.69, 9.17) is 5.11 Å². The molecule has 4 heteroatoms. The molecule has 0 saturated carbocycles. The van der Waals surface area contributed by atoms with Crippen molar-refractivity contribution in [2.75, 3.05) is 0 Å². The average Bonchev–Trinajstić information content (AvgIpc) is 2.29. The molecule has 0 bridgehead atoms. The summed E-state index contributed by atoms with van der Waals surface area (Å²) in [5, 5.41) is 7.60. The molecule has 0 aromatic carbocycles. The van der Waals surface area contributed by atoms with Crippen LogP contribution in [0.4, 0.5) is 0 Å². The van der Waals surface area contributed by atoms with E-state index < -0.39 is 5.97 Å². The van der Waals surface area contributed by atoms with Crippen LogP contribution in [0.15, 0.2) is 12.7 Å². The Hall–Kier alpha value is 0.214. The fourth-order valence-electron chi connectivity index (χ4n) is 0. The van der Waals surface area contributed by atoms with E-state index in [-0.39, 0.29) is 0 Å². The third-order valence-electron chi connectivity index (χ3n) is 0.175. The first-order chi connectivity index (χ1) is 6.27. The molecule has 0 amide bonds. The molecule has 2 nitrogen and oxygen atoms in total. The van der Waals surface area contributed by atoms with Gasteiger partial charge in [0.2, 0.25) is 0 Å². The van der Waals surface area contributed by atoms with E-state index in [1.165, 1.54) is 19.4 Å². The number of carboxylic acid groups (broad SMARTS) is 1. The van der Waals surface area contributed by atoms with Gasteiger partial charge >= 0.3 is 34.6 Å². The summed E-state index contributed by atoms with van der Waals surface area (Å²) in [5.41, 5.74) is 0. The zero-order chi connectivity index (χ0) is 12.3. The minimum atomic E-state index is -0.981. The molecular formula is C9H19ClO2Ti. The predicted molar refractivity (Wildman–Crippen MR) is 56.8 cm³/mol. The first-order valence-electron chi connectivity index (χ1n) is 3.43. The average molecular weight is 243 g/mol. The first kappa shape index (κ1) is 29.2. The predicted octanol–water partition coefficient (Wildman–Crippen LogP) is 3.47. The van der Waals surface area contributed by atoms with E-state index in [0.29, 0.717) is 0 Å². The molecule has 0 spiro atoms. The number of aliphatic carboxylic acids is 1. The van der Waals surface area contributed by atoms with Crippen LogP contribution in [0.5, 0.6) is 0 Å². The molecule has 0 atom stereocenters. The van der Waals surface area contributed by atoms with Crippen molar-refractivity contribution < 1.29 is 29.3 Å². The van der Waals surface area contributed by atoms with Crippen molar-refractivity contribution >= 4 is 15.3 Å². The molecular weight excluding hydrogens is 223 g/mol. The van der Waals surface area contributed by atoms with Gasteiger partial charge in [0.1, 0.15) is 0 Å². The van der Waals surface area contributed by atoms with Crippen molar-refractivity contribution in [1.29, 1.82) is 0 Å². The molecule has 0 aliphatic rings. The van der Waals surface area contributed by atoms with Gasteiger partial charge in [-0.15, -0.1) is 0 Å². The summed E-state index contributed by atoms with van der Waals surface area (Å²) in [5.74, 6) is -0.981. The molecule has 78 valence electrons. The van der Waals surface area contributed by atoms with Crippen LogP contribution in [0.2, 0.25) is 0 Å². The number of rotatable bonds is 1. The van der Waals surface area contributed by atoms with Crippen molar-refractivity contribution in [2.24, 2.45) is 0 Å². The zero-order valence-corrected chi connectivity index (χ0v) is 11.0. The number of carbonyl (C=O) groups is 1. The summed E-state index contributed by atoms with van der Waals surface area (Å²) in [6.45, 7) is 18.0. The van der Waals surface area contributed by atoms with Crippen LogP contribution >= 0.6 is 9.30 Å². The molecule has 1 N–H and O–H groups in total. The van der Waals surface area contributed by atoms with E-state index in [1.807, 2.05) is 0 Å². The summed E-state index contributed by atoms with van der Waals surface area (Å²) in [4.78, 5) is 9.25. The van der Waals surface area contributed by atoms with Gasteiger partial charge in [0.05, 0.1) is 0 Å². The fourth-order valence-corrected chi connectivity index (χ4v) is 0. The van der Waals surface area contributed by atoms with Gasteiger partial charge in [-0.2, -0.15) is 20.8 Å². The van der Waals surface area contributed by atoms with Crippen molar-refractivity contribution in [2.45, 2.75) is 20.8 Å². The Kier molecular flexibility index (Phi) is 194. The van der Waals surface area contributed by atoms with E-state index in [0.717, 1.165) is 6.08 Å². The van der Waals surface area contributed by atoms with Crippen molar-refractivity contribution in [1.82, 2.24) is 0 Å². The van der Waals surface area contributed by atoms with E-state index in [9.17, 15) is 4.79 Å². The second kappa shape index (κ2) is 86.5. The number of carboxylic acids is 1. The Bertz CT molecular complexity index is 68.6. The molecule has 0 aromatic heterocycles. The van der Waals surface area contributed by atoms with Crippen LogP contribution in [0.1, 0.15) is 20.8 Å². The molecule has 0 saturated heterocycles. The van der Waals surface area contributed by atoms with Gasteiger partial charge in [-0.3, -0.25) is 0 Å². The number of hydrogen-bond donors (Lipinski definition) is 1. The summed E-state index contributed by atoms with van der Waals surface area (Å²) in [6.07, 6.45) is 0.833. The van der Waals surface area contributed by atoms with E-state index in [2.05, 4.69) is 36.7 Å². The van der Waals surface area contributed by atoms with Gasteiger partial charge < -0.3 is 25.9 Å². The van der Waals surface area contributed by atoms with Gasteiger partial charge in [-0.05, 0) is 0 Å². The first-order valence-corrected chi connectivity index (χ1v) is 5.58. The Morgan fingerprint density at radius 3 is 1.31 bits per heavy atom. The summed E-state index contributed by atoms with van der Waals surface area (Å²) >= 11 is 1.47. The molecule has 0 fully saturated rings. The number of hydrogen-bond acceptors (Lipinski definition) is 1. The van der Waals surface area contributed by atoms with Gasteiger partial charge in [-0.25, -0.2) is 4.79 Å². The van der Waals surface area contributed by atoms with Gasteiger partial charge in [0.15, 0.2) is 0 Å². The normalized spacial score (nSPS) is 4.38. The molecule has 0 aliphatic heterocycles. The molecule has 0 aromatic rings. The van der Waals surface area contributed by atoms with Crippen LogP contribution in [-0.2, 0) is 24.2 Å². The third-order valence-corrected chi connectivity index (χ3v) is 0.175. The molecule has 13 heavy (non-hydrogen) atoms. The van der Waals surface area contributed by atoms with Crippen LogP contribution in [0.25, 0.3) is 0 Å². The van der Waals surface area contributed by atoms with E-state index >= 15 is 0 Å². The second-order valence-electron chi connectivity index (χ2n) is 0.542. The van der Waals surface area contributed by atoms with Crippen LogP contribution in [-0.4, -0.2) is 11.1 Å². The van der Waals surface area contributed by atoms with Crippen LogP contribution in [0.3, 0.4) is 0 Å². The van der Waals surface area contributed by atoms with Gasteiger partial charge in [0.25, 0.3) is 0 Å². The maximum atomic E-state index is 9.25. The maximum absolute atomic E-state index is 9.25. The quantitative estimate of drug-likeness (QED) is 0.434. The van der Waals surface area contributed by atoms with Crippen molar-refractivity contribution in [3.63, 3.8) is 0 Å². The van der Waals surface area contributed by atoms with Gasteiger partial charge in [-0.1, -0.05) is 6.58 Å². The Balaban J connectivity index is -0.0000000230. The van der Waals surface area contributed by atoms with Crippen LogP contribution in [0, 0.1) is 20.8 Å². The standard InChI is InChI=1S/C3H4O2.3C2H5.ClH.Ti/c1-2-3(4)5;3*1-2;;/h2H,1H2,(H,4,5);3*1H2,2H3;1H;/q;3*-1;;+4/p-1. The molecule has 0 rings (SSSR count). The molecule has 0 radical (unpaired) electrons. The van der Waals surface area contributed by atoms with Crippen molar-refractivity contribution in [3.8, 4) is 0 Å². The monoisotopic (exact) mass is 242 g/mol. The Morgan fingerprint density at radius 1 is 1.23 bits per heavy atom. The van der Waals surface area contributed by atoms with Gasteiger partial charge in [0, 0.05) is 6.08 Å². The Labute approximate surface area is 98.7 Å². The third kappa shape index (κ3) is 260. The second-order valence-corrected chi connectivity index (χ2v) is 0.542. The molecule has 0 aliphatic carbocycles. The summed E-state index contributed by atoms with van der Waals surface area (Å²) in [7, 11) is 4.64. The minimum absolute atomic E-state index is 0.833. The topological polar surface area (TPSA) is 37.3 Å². The van der Waals surface area contributed by atoms with E-state index in [1.54, 1.807) is 20.8 Å². The summed E-state index contributed by atoms with van der Waals surface area (Å²) < 4.78 is 0. The number of halogens is 1. The van der Waals surface area contributed by atoms with Crippen molar-refractivity contribution in [3.05, 3.63) is 33.4 Å². The SMILES string of the molecule is C=CC(=O)O.[CH2-]C.[CH2-]C.[CH2-]C.[Cl][Ti+3]. The molecule has 0 heterocycles. The molecule has 0 unspecified atom stereocenters. The van der Waals surface area contributed by atoms with Crippen LogP contribution < -0.4 is 0 Å². The fraction of sp³-hybridized carbons (Fsp3) is 0.333. The summed E-state index contributed by atoms with van der Waals surface area (Å²) in [6, 6.07) is 0.